The molecule has 164 valence electrons. The summed E-state index contributed by atoms with van der Waals surface area (Å²) in [4.78, 5) is 24.3. The van der Waals surface area contributed by atoms with Crippen LogP contribution in [0.4, 0.5) is 10.1 Å². The molecule has 2 aromatic rings. The zero-order valence-corrected chi connectivity index (χ0v) is 17.6. The minimum absolute atomic E-state index is 0.0151. The van der Waals surface area contributed by atoms with Gasteiger partial charge in [0, 0.05) is 11.6 Å². The van der Waals surface area contributed by atoms with E-state index in [2.05, 4.69) is 5.32 Å². The van der Waals surface area contributed by atoms with E-state index in [-0.39, 0.29) is 40.0 Å². The molecular weight excluding hydrogens is 427 g/mol. The van der Waals surface area contributed by atoms with E-state index in [0.29, 0.717) is 0 Å². The lowest BCUT2D eigenvalue weighted by molar-refractivity contribution is -0.114. The maximum Gasteiger partial charge on any atom is 0.342 e. The van der Waals surface area contributed by atoms with Crippen LogP contribution in [0.3, 0.4) is 0 Å². The molecule has 7 N–H and O–H groups in total. The highest BCUT2D eigenvalue weighted by atomic mass is 35.5. The van der Waals surface area contributed by atoms with Crippen molar-refractivity contribution < 1.29 is 23.5 Å². The molecule has 31 heavy (non-hydrogen) atoms. The second kappa shape index (κ2) is 10.4. The quantitative estimate of drug-likeness (QED) is 0.210. The minimum Gasteiger partial charge on any atom is -0.494 e. The Balaban J connectivity index is 2.49. The number of anilines is 1. The van der Waals surface area contributed by atoms with E-state index in [1.54, 1.807) is 24.3 Å². The summed E-state index contributed by atoms with van der Waals surface area (Å²) in [5.41, 5.74) is 16.4. The van der Waals surface area contributed by atoms with E-state index in [4.69, 9.17) is 38.3 Å². The number of hydrogen-bond acceptors (Lipinski definition) is 7. The maximum atomic E-state index is 14.6. The molecule has 0 aliphatic heterocycles. The number of carbonyl (C=O) groups excluding carboxylic acids is 2. The standard InChI is InChI=1S/C21H22ClFN4O4/c1-11-13(23)8-15(27-14(9-16(22)24)18(25)20(26)28)19(30-2)17(11)21(29)31-10-12-6-4-3-5-7-12/h3-9,27H,10,24-25H2,1-2H3,(H2,26,28)/b16-9-,18-14+. The number of esters is 1. The third-order valence-electron chi connectivity index (χ3n) is 4.20. The van der Waals surface area contributed by atoms with Crippen molar-refractivity contribution in [3.8, 4) is 5.75 Å². The molecule has 0 fully saturated rings. The Kier molecular flexibility index (Phi) is 7.87. The van der Waals surface area contributed by atoms with Crippen LogP contribution in [0.15, 0.2) is 59.0 Å². The number of benzene rings is 2. The number of methoxy groups -OCH3 is 1. The highest BCUT2D eigenvalue weighted by molar-refractivity contribution is 6.29. The van der Waals surface area contributed by atoms with Crippen LogP contribution < -0.4 is 27.3 Å². The van der Waals surface area contributed by atoms with Crippen LogP contribution in [-0.2, 0) is 16.1 Å². The number of allylic oxidation sites excluding steroid dienone is 1. The van der Waals surface area contributed by atoms with Crippen molar-refractivity contribution in [1.29, 1.82) is 0 Å². The van der Waals surface area contributed by atoms with Gasteiger partial charge < -0.3 is 32.0 Å². The van der Waals surface area contributed by atoms with Crippen molar-refractivity contribution in [3.63, 3.8) is 0 Å². The van der Waals surface area contributed by atoms with E-state index >= 15 is 0 Å². The monoisotopic (exact) mass is 448 g/mol. The van der Waals surface area contributed by atoms with Gasteiger partial charge in [-0.1, -0.05) is 41.9 Å². The topological polar surface area (TPSA) is 143 Å². The molecule has 8 nitrogen and oxygen atoms in total. The van der Waals surface area contributed by atoms with E-state index in [9.17, 15) is 14.0 Å². The van der Waals surface area contributed by atoms with Crippen molar-refractivity contribution >= 4 is 29.2 Å². The number of primary amides is 1. The number of ether oxygens (including phenoxy) is 2. The molecule has 0 radical (unpaired) electrons. The number of halogens is 2. The number of nitrogens with one attached hydrogen (secondary N) is 1. The van der Waals surface area contributed by atoms with Crippen molar-refractivity contribution in [3.05, 3.63) is 81.5 Å². The first-order valence-corrected chi connectivity index (χ1v) is 9.30. The Hall–Kier alpha value is -3.72. The van der Waals surface area contributed by atoms with Gasteiger partial charge in [-0.25, -0.2) is 9.18 Å². The molecule has 0 saturated carbocycles. The summed E-state index contributed by atoms with van der Waals surface area (Å²) in [6.45, 7) is 1.39. The predicted molar refractivity (Wildman–Crippen MR) is 115 cm³/mol. The second-order valence-corrected chi connectivity index (χ2v) is 6.78. The Morgan fingerprint density at radius 3 is 2.39 bits per heavy atom. The van der Waals surface area contributed by atoms with Gasteiger partial charge in [0.15, 0.2) is 5.75 Å². The van der Waals surface area contributed by atoms with Gasteiger partial charge in [-0.05, 0) is 18.6 Å². The molecule has 0 heterocycles. The molecule has 2 rings (SSSR count). The molecule has 0 bridgehead atoms. The molecule has 0 spiro atoms. The number of nitrogens with two attached hydrogens (primary N) is 3. The van der Waals surface area contributed by atoms with Crippen LogP contribution in [0.1, 0.15) is 21.5 Å². The lowest BCUT2D eigenvalue weighted by atomic mass is 10.0. The summed E-state index contributed by atoms with van der Waals surface area (Å²) < 4.78 is 25.3. The molecule has 0 atom stereocenters. The van der Waals surface area contributed by atoms with Gasteiger partial charge in [-0.2, -0.15) is 0 Å². The van der Waals surface area contributed by atoms with Gasteiger partial charge in [0.25, 0.3) is 5.91 Å². The number of carbonyl (C=O) groups is 2. The first kappa shape index (κ1) is 23.6. The van der Waals surface area contributed by atoms with E-state index in [1.165, 1.54) is 14.0 Å². The van der Waals surface area contributed by atoms with Crippen molar-refractivity contribution in [2.75, 3.05) is 12.4 Å². The summed E-state index contributed by atoms with van der Waals surface area (Å²) in [6.07, 6.45) is 1.12. The molecule has 10 heteroatoms. The number of hydrogen-bond donors (Lipinski definition) is 4. The van der Waals surface area contributed by atoms with Crippen LogP contribution in [0, 0.1) is 12.7 Å². The Labute approximate surface area is 183 Å². The average Bonchev–Trinajstić information content (AvgIpc) is 2.73. The Morgan fingerprint density at radius 2 is 1.84 bits per heavy atom. The van der Waals surface area contributed by atoms with Gasteiger partial charge in [0.05, 0.1) is 18.5 Å². The highest BCUT2D eigenvalue weighted by Crippen LogP contribution is 2.35. The first-order valence-electron chi connectivity index (χ1n) is 8.93. The highest BCUT2D eigenvalue weighted by Gasteiger charge is 2.24. The predicted octanol–water partition coefficient (Wildman–Crippen LogP) is 2.61. The molecule has 0 aliphatic rings. The summed E-state index contributed by atoms with van der Waals surface area (Å²) in [6, 6.07) is 10.0. The van der Waals surface area contributed by atoms with Crippen LogP contribution in [0.2, 0.25) is 0 Å². The first-order chi connectivity index (χ1) is 14.6. The fraction of sp³-hybridized carbons (Fsp3) is 0.143. The largest absolute Gasteiger partial charge is 0.494 e. The van der Waals surface area contributed by atoms with Crippen LogP contribution in [0.5, 0.6) is 5.75 Å². The molecule has 0 saturated heterocycles. The lowest BCUT2D eigenvalue weighted by Gasteiger charge is -2.18. The molecule has 0 unspecified atom stereocenters. The maximum absolute atomic E-state index is 14.6. The third-order valence-corrected chi connectivity index (χ3v) is 4.31. The SMILES string of the molecule is COc1c(NC(/C=C(\N)Cl)=C(/N)C(N)=O)cc(F)c(C)c1C(=O)OCc1ccccc1. The summed E-state index contributed by atoms with van der Waals surface area (Å²) in [5, 5.41) is 2.47. The summed E-state index contributed by atoms with van der Waals surface area (Å²) in [5.74, 6) is -2.53. The zero-order chi connectivity index (χ0) is 23.1. The third kappa shape index (κ3) is 5.89. The van der Waals surface area contributed by atoms with Crippen LogP contribution in [-0.4, -0.2) is 19.0 Å². The average molecular weight is 449 g/mol. The molecule has 0 aromatic heterocycles. The smallest absolute Gasteiger partial charge is 0.342 e. The fourth-order valence-corrected chi connectivity index (χ4v) is 2.78. The van der Waals surface area contributed by atoms with Gasteiger partial charge in [0.1, 0.15) is 28.8 Å². The zero-order valence-electron chi connectivity index (χ0n) is 16.9. The minimum atomic E-state index is -0.967. The molecule has 2 aromatic carbocycles. The van der Waals surface area contributed by atoms with Crippen molar-refractivity contribution in [1.82, 2.24) is 0 Å². The van der Waals surface area contributed by atoms with Gasteiger partial charge in [0.2, 0.25) is 0 Å². The number of amides is 1. The molecule has 0 aliphatic carbocycles. The van der Waals surface area contributed by atoms with Crippen LogP contribution >= 0.6 is 11.6 Å². The van der Waals surface area contributed by atoms with Gasteiger partial charge in [-0.3, -0.25) is 4.79 Å². The van der Waals surface area contributed by atoms with E-state index in [0.717, 1.165) is 17.7 Å². The normalized spacial score (nSPS) is 12.1. The van der Waals surface area contributed by atoms with Gasteiger partial charge >= 0.3 is 5.97 Å². The Bertz CT molecular complexity index is 1050. The van der Waals surface area contributed by atoms with E-state index in [1.807, 2.05) is 6.07 Å². The van der Waals surface area contributed by atoms with Crippen molar-refractivity contribution in [2.45, 2.75) is 13.5 Å². The lowest BCUT2D eigenvalue weighted by Crippen LogP contribution is -2.24. The van der Waals surface area contributed by atoms with Crippen molar-refractivity contribution in [2.24, 2.45) is 17.2 Å². The molecular formula is C21H22ClFN4O4. The van der Waals surface area contributed by atoms with E-state index < -0.39 is 23.4 Å². The molecule has 1 amide bonds. The van der Waals surface area contributed by atoms with Crippen LogP contribution in [0.25, 0.3) is 0 Å². The number of rotatable bonds is 8. The van der Waals surface area contributed by atoms with Gasteiger partial charge in [-0.15, -0.1) is 0 Å². The fourth-order valence-electron chi connectivity index (χ4n) is 2.67. The summed E-state index contributed by atoms with van der Waals surface area (Å²) in [7, 11) is 1.29. The Morgan fingerprint density at radius 1 is 1.19 bits per heavy atom. The second-order valence-electron chi connectivity index (χ2n) is 6.35. The summed E-state index contributed by atoms with van der Waals surface area (Å²) >= 11 is 5.68.